The van der Waals surface area contributed by atoms with Gasteiger partial charge in [-0.1, -0.05) is 30.3 Å². The van der Waals surface area contributed by atoms with Crippen molar-refractivity contribution in [3.63, 3.8) is 0 Å². The molecule has 2 heterocycles. The third-order valence-electron chi connectivity index (χ3n) is 5.37. The summed E-state index contributed by atoms with van der Waals surface area (Å²) >= 11 is 3.68. The minimum Gasteiger partial charge on any atom is -0.478 e. The number of para-hydroxylation sites is 1. The second kappa shape index (κ2) is 10.6. The van der Waals surface area contributed by atoms with Gasteiger partial charge in [0.25, 0.3) is 6.43 Å². The molecular formula is C26H21F2IN2O2S. The zero-order valence-corrected chi connectivity index (χ0v) is 21.1. The molecule has 8 heteroatoms. The number of carboxylic acid groups (broad SMARTS) is 1. The summed E-state index contributed by atoms with van der Waals surface area (Å²) in [7, 11) is 0. The number of anilines is 1. The van der Waals surface area contributed by atoms with Crippen LogP contribution in [0, 0.1) is 3.57 Å². The third-order valence-corrected chi connectivity index (χ3v) is 7.07. The van der Waals surface area contributed by atoms with Gasteiger partial charge in [0.15, 0.2) is 0 Å². The van der Waals surface area contributed by atoms with Gasteiger partial charge in [-0.2, -0.15) is 0 Å². The van der Waals surface area contributed by atoms with Crippen molar-refractivity contribution in [3.05, 3.63) is 99.2 Å². The summed E-state index contributed by atoms with van der Waals surface area (Å²) in [5.41, 5.74) is 4.19. The average molecular weight is 590 g/mol. The maximum Gasteiger partial charge on any atom is 0.335 e. The highest BCUT2D eigenvalue weighted by Gasteiger charge is 2.31. The van der Waals surface area contributed by atoms with Crippen LogP contribution in [0.25, 0.3) is 22.0 Å². The lowest BCUT2D eigenvalue weighted by Gasteiger charge is -2.28. The molecule has 0 fully saturated rings. The van der Waals surface area contributed by atoms with Crippen molar-refractivity contribution < 1.29 is 18.7 Å². The fourth-order valence-corrected chi connectivity index (χ4v) is 5.00. The summed E-state index contributed by atoms with van der Waals surface area (Å²) in [6.45, 7) is 1.95. The molecule has 0 amide bonds. The Balaban J connectivity index is 0.000000192. The number of thioether (sulfide) groups is 1. The van der Waals surface area contributed by atoms with Gasteiger partial charge in [-0.05, 0) is 83.0 Å². The van der Waals surface area contributed by atoms with Gasteiger partial charge in [0.2, 0.25) is 0 Å². The van der Waals surface area contributed by atoms with Gasteiger partial charge in [-0.15, -0.1) is 11.8 Å². The number of carbonyl (C=O) groups is 1. The predicted octanol–water partition coefficient (Wildman–Crippen LogP) is 7.83. The first-order chi connectivity index (χ1) is 16.3. The van der Waals surface area contributed by atoms with E-state index >= 15 is 0 Å². The Bertz CT molecular complexity index is 1340. The van der Waals surface area contributed by atoms with E-state index in [0.29, 0.717) is 5.56 Å². The number of aromatic nitrogens is 1. The lowest BCUT2D eigenvalue weighted by Crippen LogP contribution is -2.29. The highest BCUT2D eigenvalue weighted by molar-refractivity contribution is 14.1. The van der Waals surface area contributed by atoms with Gasteiger partial charge in [0.1, 0.15) is 0 Å². The van der Waals surface area contributed by atoms with E-state index in [1.54, 1.807) is 34.7 Å². The van der Waals surface area contributed by atoms with Crippen molar-refractivity contribution in [1.29, 1.82) is 0 Å². The summed E-state index contributed by atoms with van der Waals surface area (Å²) in [5.74, 6) is -0.891. The number of rotatable bonds is 4. The first-order valence-electron chi connectivity index (χ1n) is 10.4. The van der Waals surface area contributed by atoms with Crippen molar-refractivity contribution in [2.75, 3.05) is 4.90 Å². The first kappa shape index (κ1) is 24.3. The van der Waals surface area contributed by atoms with Crippen LogP contribution in [0.5, 0.6) is 0 Å². The predicted molar refractivity (Wildman–Crippen MR) is 143 cm³/mol. The highest BCUT2D eigenvalue weighted by Crippen LogP contribution is 2.42. The summed E-state index contributed by atoms with van der Waals surface area (Å²) in [6, 6.07) is 22.7. The molecule has 1 aliphatic rings. The first-order valence-corrected chi connectivity index (χ1v) is 12.5. The minimum atomic E-state index is -2.47. The molecule has 0 spiro atoms. The molecular weight excluding hydrogens is 569 g/mol. The zero-order valence-electron chi connectivity index (χ0n) is 18.1. The Morgan fingerprint density at radius 1 is 1.09 bits per heavy atom. The largest absolute Gasteiger partial charge is 0.478 e. The van der Waals surface area contributed by atoms with Gasteiger partial charge < -0.3 is 15.0 Å². The molecule has 34 heavy (non-hydrogen) atoms. The summed E-state index contributed by atoms with van der Waals surface area (Å²) < 4.78 is 27.8. The van der Waals surface area contributed by atoms with Crippen LogP contribution >= 0.6 is 34.4 Å². The summed E-state index contributed by atoms with van der Waals surface area (Å²) in [5, 5.41) is 11.1. The van der Waals surface area contributed by atoms with E-state index in [4.69, 9.17) is 5.11 Å². The number of nitrogens with zero attached hydrogens (tertiary/aromatic N) is 1. The Morgan fingerprint density at radius 2 is 1.82 bits per heavy atom. The minimum absolute atomic E-state index is 0.0333. The molecule has 1 atom stereocenters. The van der Waals surface area contributed by atoms with Crippen LogP contribution < -0.4 is 4.90 Å². The molecule has 1 unspecified atom stereocenters. The molecule has 1 aliphatic heterocycles. The number of hydrogen-bond donors (Lipinski definition) is 2. The molecule has 0 radical (unpaired) electrons. The monoisotopic (exact) mass is 590 g/mol. The standard InChI is InChI=1S/C17H14F2INS.C9H7NO2/c1-11-21(16(10-22-11)17(18)19)15-5-3-2-4-14(15)12-6-8-13(20)9-7-12;11-9(12)7-1-2-8-6(5-7)3-4-10-8/h2-11,17H,1H3;1-5,10H,(H,11,12). The van der Waals surface area contributed by atoms with Crippen molar-refractivity contribution in [2.24, 2.45) is 0 Å². The SMILES string of the molecule is CC1SC=C(C(F)F)N1c1ccccc1-c1ccc(I)cc1.O=C(O)c1ccc2[nH]ccc2c1. The smallest absolute Gasteiger partial charge is 0.335 e. The molecule has 4 nitrogen and oxygen atoms in total. The molecule has 174 valence electrons. The van der Waals surface area contributed by atoms with Gasteiger partial charge in [0, 0.05) is 31.9 Å². The van der Waals surface area contributed by atoms with E-state index in [2.05, 4.69) is 27.6 Å². The number of fused-ring (bicyclic) bond motifs is 1. The number of nitrogens with one attached hydrogen (secondary N) is 1. The molecule has 0 saturated heterocycles. The molecule has 2 N–H and O–H groups in total. The van der Waals surface area contributed by atoms with Gasteiger partial charge in [-0.25, -0.2) is 13.6 Å². The van der Waals surface area contributed by atoms with Crippen molar-refractivity contribution >= 4 is 56.9 Å². The van der Waals surface area contributed by atoms with Gasteiger partial charge >= 0.3 is 5.97 Å². The van der Waals surface area contributed by atoms with Crippen LogP contribution in [0.3, 0.4) is 0 Å². The fourth-order valence-electron chi connectivity index (χ4n) is 3.73. The number of aromatic carboxylic acids is 1. The maximum absolute atomic E-state index is 13.3. The van der Waals surface area contributed by atoms with Crippen LogP contribution in [0.15, 0.2) is 90.1 Å². The van der Waals surface area contributed by atoms with Crippen LogP contribution in [0.1, 0.15) is 17.3 Å². The number of hydrogen-bond acceptors (Lipinski definition) is 3. The number of carboxylic acids is 1. The fraction of sp³-hybridized carbons (Fsp3) is 0.115. The molecule has 0 bridgehead atoms. The average Bonchev–Trinajstić information content (AvgIpc) is 3.46. The number of benzene rings is 3. The Kier molecular flexibility index (Phi) is 7.57. The van der Waals surface area contributed by atoms with Crippen LogP contribution in [-0.4, -0.2) is 27.9 Å². The van der Waals surface area contributed by atoms with Crippen LogP contribution in [-0.2, 0) is 0 Å². The van der Waals surface area contributed by atoms with Crippen molar-refractivity contribution in [2.45, 2.75) is 18.7 Å². The number of halogens is 3. The second-order valence-electron chi connectivity index (χ2n) is 7.56. The number of allylic oxidation sites excluding steroid dienone is 1. The molecule has 4 aromatic rings. The number of H-pyrrole nitrogens is 1. The number of aromatic amines is 1. The van der Waals surface area contributed by atoms with Crippen molar-refractivity contribution in [3.8, 4) is 11.1 Å². The summed E-state index contributed by atoms with van der Waals surface area (Å²) in [4.78, 5) is 15.3. The van der Waals surface area contributed by atoms with Gasteiger partial charge in [0.05, 0.1) is 16.6 Å². The zero-order chi connectivity index (χ0) is 24.2. The molecule has 3 aromatic carbocycles. The quantitative estimate of drug-likeness (QED) is 0.238. The summed E-state index contributed by atoms with van der Waals surface area (Å²) in [6.07, 6.45) is -0.682. The van der Waals surface area contributed by atoms with E-state index in [1.807, 2.05) is 61.5 Å². The van der Waals surface area contributed by atoms with Crippen LogP contribution in [0.4, 0.5) is 14.5 Å². The van der Waals surface area contributed by atoms with Crippen molar-refractivity contribution in [1.82, 2.24) is 4.98 Å². The topological polar surface area (TPSA) is 56.3 Å². The number of alkyl halides is 2. The highest BCUT2D eigenvalue weighted by atomic mass is 127. The van der Waals surface area contributed by atoms with E-state index in [0.717, 1.165) is 31.3 Å². The molecule has 0 aliphatic carbocycles. The van der Waals surface area contributed by atoms with Gasteiger partial charge in [-0.3, -0.25) is 0 Å². The lowest BCUT2D eigenvalue weighted by atomic mass is 10.0. The van der Waals surface area contributed by atoms with E-state index < -0.39 is 12.4 Å². The van der Waals surface area contributed by atoms with Crippen LogP contribution in [0.2, 0.25) is 0 Å². The van der Waals surface area contributed by atoms with E-state index in [1.165, 1.54) is 11.8 Å². The lowest BCUT2D eigenvalue weighted by molar-refractivity contribution is 0.0697. The van der Waals surface area contributed by atoms with E-state index in [9.17, 15) is 13.6 Å². The Labute approximate surface area is 213 Å². The second-order valence-corrected chi connectivity index (χ2v) is 9.99. The molecule has 0 saturated carbocycles. The maximum atomic E-state index is 13.3. The molecule has 5 rings (SSSR count). The normalized spacial score (nSPS) is 15.3. The van der Waals surface area contributed by atoms with E-state index in [-0.39, 0.29) is 11.1 Å². The Morgan fingerprint density at radius 3 is 2.53 bits per heavy atom. The molecule has 1 aromatic heterocycles. The third kappa shape index (κ3) is 5.28. The Hall–Kier alpha value is -2.85.